The molecule has 78 valence electrons. The Labute approximate surface area is 82.6 Å². The van der Waals surface area contributed by atoms with Crippen molar-refractivity contribution in [3.63, 3.8) is 0 Å². The Hall–Kier alpha value is -0.940. The van der Waals surface area contributed by atoms with E-state index in [0.717, 1.165) is 19.5 Å². The molecule has 0 radical (unpaired) electrons. The maximum atomic E-state index is 11.4. The van der Waals surface area contributed by atoms with Crippen molar-refractivity contribution in [2.24, 2.45) is 11.7 Å². The van der Waals surface area contributed by atoms with Crippen LogP contribution in [0.4, 0.5) is 0 Å². The van der Waals surface area contributed by atoms with Gasteiger partial charge in [-0.15, -0.1) is 0 Å². The van der Waals surface area contributed by atoms with Gasteiger partial charge in [-0.1, -0.05) is 0 Å². The fourth-order valence-electron chi connectivity index (χ4n) is 2.17. The molecule has 2 aliphatic heterocycles. The lowest BCUT2D eigenvalue weighted by Crippen LogP contribution is -2.39. The van der Waals surface area contributed by atoms with Gasteiger partial charge in [0.05, 0.1) is 12.5 Å². The van der Waals surface area contributed by atoms with E-state index in [1.165, 1.54) is 0 Å². The highest BCUT2D eigenvalue weighted by Gasteiger charge is 2.38. The van der Waals surface area contributed by atoms with Crippen LogP contribution in [-0.4, -0.2) is 42.4 Å². The second kappa shape index (κ2) is 3.67. The zero-order valence-corrected chi connectivity index (χ0v) is 8.03. The van der Waals surface area contributed by atoms with Crippen LogP contribution in [0.3, 0.4) is 0 Å². The van der Waals surface area contributed by atoms with E-state index in [9.17, 15) is 9.59 Å². The molecule has 0 aliphatic carbocycles. The molecule has 0 aromatic rings. The summed E-state index contributed by atoms with van der Waals surface area (Å²) in [6.07, 6.45) is 1.35. The molecule has 2 unspecified atom stereocenters. The number of hydrogen-bond donors (Lipinski definition) is 2. The molecule has 3 N–H and O–H groups in total. The molecule has 2 aliphatic rings. The van der Waals surface area contributed by atoms with Gasteiger partial charge in [-0.05, 0) is 25.4 Å². The van der Waals surface area contributed by atoms with Crippen molar-refractivity contribution in [3.05, 3.63) is 0 Å². The standard InChI is InChI=1S/C9H15N3O2/c10-4-6-1-2-12(5-6)7-3-8(13)11-9(7)14/h6-7H,1-5,10H2,(H,11,13,14). The number of amides is 2. The van der Waals surface area contributed by atoms with Crippen molar-refractivity contribution in [1.82, 2.24) is 10.2 Å². The Kier molecular flexibility index (Phi) is 2.52. The summed E-state index contributed by atoms with van der Waals surface area (Å²) in [4.78, 5) is 24.4. The lowest BCUT2D eigenvalue weighted by Gasteiger charge is -2.20. The van der Waals surface area contributed by atoms with Crippen LogP contribution in [0.25, 0.3) is 0 Å². The van der Waals surface area contributed by atoms with Gasteiger partial charge in [0.1, 0.15) is 0 Å². The van der Waals surface area contributed by atoms with Crippen LogP contribution < -0.4 is 11.1 Å². The summed E-state index contributed by atoms with van der Waals surface area (Å²) < 4.78 is 0. The average Bonchev–Trinajstić information content (AvgIpc) is 2.71. The number of nitrogens with two attached hydrogens (primary N) is 1. The van der Waals surface area contributed by atoms with E-state index in [1.807, 2.05) is 0 Å². The SMILES string of the molecule is NCC1CCN(C2CC(=O)NC2=O)C1. The third-order valence-electron chi connectivity index (χ3n) is 3.04. The van der Waals surface area contributed by atoms with Crippen LogP contribution >= 0.6 is 0 Å². The Morgan fingerprint density at radius 1 is 1.50 bits per heavy atom. The summed E-state index contributed by atoms with van der Waals surface area (Å²) in [5.74, 6) is 0.183. The fraction of sp³-hybridized carbons (Fsp3) is 0.778. The number of carbonyl (C=O) groups is 2. The summed E-state index contributed by atoms with van der Waals surface area (Å²) in [5.41, 5.74) is 5.56. The van der Waals surface area contributed by atoms with E-state index < -0.39 is 0 Å². The highest BCUT2D eigenvalue weighted by atomic mass is 16.2. The molecule has 2 heterocycles. The highest BCUT2D eigenvalue weighted by molar-refractivity contribution is 6.05. The molecule has 2 atom stereocenters. The van der Waals surface area contributed by atoms with Gasteiger partial charge in [-0.3, -0.25) is 19.8 Å². The Bertz CT molecular complexity index is 267. The maximum absolute atomic E-state index is 11.4. The normalized spacial score (nSPS) is 33.8. The van der Waals surface area contributed by atoms with Crippen LogP contribution in [-0.2, 0) is 9.59 Å². The fourth-order valence-corrected chi connectivity index (χ4v) is 2.17. The number of nitrogens with zero attached hydrogens (tertiary/aromatic N) is 1. The molecule has 2 rings (SSSR count). The molecule has 14 heavy (non-hydrogen) atoms. The first-order valence-electron chi connectivity index (χ1n) is 4.98. The van der Waals surface area contributed by atoms with Gasteiger partial charge in [-0.25, -0.2) is 0 Å². The van der Waals surface area contributed by atoms with Crippen molar-refractivity contribution in [3.8, 4) is 0 Å². The largest absolute Gasteiger partial charge is 0.330 e. The minimum atomic E-state index is -0.237. The van der Waals surface area contributed by atoms with Gasteiger partial charge < -0.3 is 5.73 Å². The first-order chi connectivity index (χ1) is 6.70. The second-order valence-corrected chi connectivity index (χ2v) is 4.02. The van der Waals surface area contributed by atoms with Crippen LogP contribution in [0.5, 0.6) is 0 Å². The average molecular weight is 197 g/mol. The van der Waals surface area contributed by atoms with E-state index in [-0.39, 0.29) is 17.9 Å². The molecule has 5 heteroatoms. The van der Waals surface area contributed by atoms with Crippen LogP contribution in [0.15, 0.2) is 0 Å². The number of imide groups is 1. The minimum Gasteiger partial charge on any atom is -0.330 e. The van der Waals surface area contributed by atoms with Crippen LogP contribution in [0, 0.1) is 5.92 Å². The Balaban J connectivity index is 1.96. The van der Waals surface area contributed by atoms with E-state index in [4.69, 9.17) is 5.73 Å². The predicted molar refractivity (Wildman–Crippen MR) is 50.3 cm³/mol. The lowest BCUT2D eigenvalue weighted by molar-refractivity contribution is -0.126. The van der Waals surface area contributed by atoms with Crippen molar-refractivity contribution in [1.29, 1.82) is 0 Å². The van der Waals surface area contributed by atoms with E-state index in [2.05, 4.69) is 10.2 Å². The van der Waals surface area contributed by atoms with E-state index in [1.54, 1.807) is 0 Å². The number of hydrogen-bond acceptors (Lipinski definition) is 4. The lowest BCUT2D eigenvalue weighted by atomic mass is 10.1. The summed E-state index contributed by atoms with van der Waals surface area (Å²) in [6.45, 7) is 2.40. The highest BCUT2D eigenvalue weighted by Crippen LogP contribution is 2.21. The number of likely N-dealkylation sites (tertiary alicyclic amines) is 1. The zero-order chi connectivity index (χ0) is 10.1. The third kappa shape index (κ3) is 1.65. The number of rotatable bonds is 2. The maximum Gasteiger partial charge on any atom is 0.244 e. The molecule has 0 aromatic carbocycles. The summed E-state index contributed by atoms with van der Waals surface area (Å²) in [6, 6.07) is -0.237. The summed E-state index contributed by atoms with van der Waals surface area (Å²) in [7, 11) is 0. The van der Waals surface area contributed by atoms with Crippen LogP contribution in [0.1, 0.15) is 12.8 Å². The van der Waals surface area contributed by atoms with Gasteiger partial charge in [-0.2, -0.15) is 0 Å². The van der Waals surface area contributed by atoms with Gasteiger partial charge in [0.2, 0.25) is 11.8 Å². The molecule has 0 aromatic heterocycles. The minimum absolute atomic E-state index is 0.146. The molecule has 2 amide bonds. The predicted octanol–water partition coefficient (Wildman–Crippen LogP) is -1.32. The first-order valence-corrected chi connectivity index (χ1v) is 4.98. The molecule has 0 bridgehead atoms. The number of carbonyl (C=O) groups excluding carboxylic acids is 2. The molecule has 0 saturated carbocycles. The van der Waals surface area contributed by atoms with Gasteiger partial charge >= 0.3 is 0 Å². The topological polar surface area (TPSA) is 75.4 Å². The zero-order valence-electron chi connectivity index (χ0n) is 8.03. The van der Waals surface area contributed by atoms with Gasteiger partial charge in [0, 0.05) is 6.54 Å². The van der Waals surface area contributed by atoms with Gasteiger partial charge in [0.15, 0.2) is 0 Å². The Morgan fingerprint density at radius 2 is 2.29 bits per heavy atom. The summed E-state index contributed by atoms with van der Waals surface area (Å²) in [5, 5.41) is 2.33. The smallest absolute Gasteiger partial charge is 0.244 e. The van der Waals surface area contributed by atoms with Gasteiger partial charge in [0.25, 0.3) is 0 Å². The monoisotopic (exact) mass is 197 g/mol. The Morgan fingerprint density at radius 3 is 2.79 bits per heavy atom. The van der Waals surface area contributed by atoms with Crippen molar-refractivity contribution < 1.29 is 9.59 Å². The molecule has 2 fully saturated rings. The van der Waals surface area contributed by atoms with Crippen LogP contribution in [0.2, 0.25) is 0 Å². The second-order valence-electron chi connectivity index (χ2n) is 4.02. The van der Waals surface area contributed by atoms with E-state index >= 15 is 0 Å². The van der Waals surface area contributed by atoms with Crippen molar-refractivity contribution >= 4 is 11.8 Å². The molecule has 0 spiro atoms. The van der Waals surface area contributed by atoms with Crippen molar-refractivity contribution in [2.45, 2.75) is 18.9 Å². The first kappa shape index (κ1) is 9.61. The van der Waals surface area contributed by atoms with E-state index in [0.29, 0.717) is 18.9 Å². The molecule has 2 saturated heterocycles. The molecular formula is C9H15N3O2. The summed E-state index contributed by atoms with van der Waals surface area (Å²) >= 11 is 0. The van der Waals surface area contributed by atoms with Crippen molar-refractivity contribution in [2.75, 3.05) is 19.6 Å². The third-order valence-corrected chi connectivity index (χ3v) is 3.04. The number of nitrogens with one attached hydrogen (secondary N) is 1. The molecular weight excluding hydrogens is 182 g/mol. The molecule has 5 nitrogen and oxygen atoms in total. The quantitative estimate of drug-likeness (QED) is 0.538.